The Morgan fingerprint density at radius 2 is 2.33 bits per heavy atom. The molecule has 0 heterocycles. The Kier molecular flexibility index (Phi) is 4.59. The largest absolute Gasteiger partial charge is 0.485 e. The van der Waals surface area contributed by atoms with Crippen LogP contribution in [0.2, 0.25) is 0 Å². The molecule has 0 bridgehead atoms. The molecule has 114 valence electrons. The van der Waals surface area contributed by atoms with Crippen LogP contribution in [0.5, 0.6) is 5.75 Å². The van der Waals surface area contributed by atoms with Crippen LogP contribution < -0.4 is 10.5 Å². The number of hydrogen-bond acceptors (Lipinski definition) is 6. The minimum Gasteiger partial charge on any atom is -0.485 e. The molecule has 1 aliphatic carbocycles. The fourth-order valence-corrected chi connectivity index (χ4v) is 2.00. The molecule has 0 radical (unpaired) electrons. The maximum Gasteiger partial charge on any atom is 0.311 e. The Morgan fingerprint density at radius 1 is 1.62 bits per heavy atom. The van der Waals surface area contributed by atoms with Gasteiger partial charge in [0.05, 0.1) is 4.92 Å². The molecule has 0 saturated heterocycles. The van der Waals surface area contributed by atoms with Crippen LogP contribution in [0.25, 0.3) is 0 Å². The van der Waals surface area contributed by atoms with E-state index in [0.717, 1.165) is 0 Å². The van der Waals surface area contributed by atoms with E-state index in [4.69, 9.17) is 15.7 Å². The molecule has 8 heteroatoms. The molecule has 0 unspecified atom stereocenters. The van der Waals surface area contributed by atoms with Crippen molar-refractivity contribution in [2.45, 2.75) is 18.9 Å². The topological polar surface area (TPSA) is 114 Å². The summed E-state index contributed by atoms with van der Waals surface area (Å²) in [6.07, 6.45) is 2.40. The molecule has 1 saturated carbocycles. The van der Waals surface area contributed by atoms with E-state index in [-0.39, 0.29) is 22.8 Å². The number of nitrogens with zero attached hydrogens (tertiary/aromatic N) is 3. The van der Waals surface area contributed by atoms with E-state index in [0.29, 0.717) is 19.2 Å². The first-order valence-corrected chi connectivity index (χ1v) is 6.62. The Hall–Kier alpha value is -2.35. The van der Waals surface area contributed by atoms with Gasteiger partial charge in [-0.05, 0) is 32.0 Å². The van der Waals surface area contributed by atoms with Crippen LogP contribution in [-0.4, -0.2) is 47.1 Å². The lowest BCUT2D eigenvalue weighted by Crippen LogP contribution is -2.26. The number of likely N-dealkylation sites (N-methyl/N-ethyl adjacent to an activating group) is 1. The zero-order chi connectivity index (χ0) is 15.4. The van der Waals surface area contributed by atoms with E-state index in [2.05, 4.69) is 10.1 Å². The van der Waals surface area contributed by atoms with Crippen LogP contribution >= 0.6 is 0 Å². The molecule has 0 amide bonds. The number of amidine groups is 1. The van der Waals surface area contributed by atoms with E-state index in [9.17, 15) is 10.1 Å². The second kappa shape index (κ2) is 6.40. The minimum absolute atomic E-state index is 0.179. The smallest absolute Gasteiger partial charge is 0.311 e. The highest BCUT2D eigenvalue weighted by Gasteiger charge is 2.26. The first-order valence-electron chi connectivity index (χ1n) is 6.62. The highest BCUT2D eigenvalue weighted by atomic mass is 16.6. The molecule has 8 nitrogen and oxygen atoms in total. The Labute approximate surface area is 121 Å². The van der Waals surface area contributed by atoms with Crippen LogP contribution in [0.1, 0.15) is 18.4 Å². The Balaban J connectivity index is 2.05. The number of nitro benzene ring substituents is 1. The van der Waals surface area contributed by atoms with Crippen molar-refractivity contribution in [3.05, 3.63) is 33.9 Å². The molecule has 3 N–H and O–H groups in total. The summed E-state index contributed by atoms with van der Waals surface area (Å²) in [4.78, 5) is 12.7. The molecular formula is C13H18N4O4. The summed E-state index contributed by atoms with van der Waals surface area (Å²) in [6.45, 7) is 1.08. The van der Waals surface area contributed by atoms with Gasteiger partial charge in [0.2, 0.25) is 0 Å². The van der Waals surface area contributed by atoms with Crippen molar-refractivity contribution in [1.29, 1.82) is 0 Å². The molecule has 1 aromatic rings. The first kappa shape index (κ1) is 15.0. The fraction of sp³-hybridized carbons (Fsp3) is 0.462. The van der Waals surface area contributed by atoms with E-state index < -0.39 is 4.92 Å². The van der Waals surface area contributed by atoms with Crippen molar-refractivity contribution in [3.8, 4) is 5.75 Å². The van der Waals surface area contributed by atoms with E-state index in [1.54, 1.807) is 0 Å². The fourth-order valence-electron chi connectivity index (χ4n) is 2.00. The summed E-state index contributed by atoms with van der Waals surface area (Å²) in [5.41, 5.74) is 5.49. The highest BCUT2D eigenvalue weighted by Crippen LogP contribution is 2.28. The number of benzene rings is 1. The van der Waals surface area contributed by atoms with Crippen LogP contribution in [0.15, 0.2) is 23.4 Å². The maximum absolute atomic E-state index is 11.1. The van der Waals surface area contributed by atoms with E-state index in [1.165, 1.54) is 31.0 Å². The van der Waals surface area contributed by atoms with Gasteiger partial charge in [-0.25, -0.2) is 0 Å². The number of nitro groups is 1. The van der Waals surface area contributed by atoms with Crippen molar-refractivity contribution >= 4 is 11.5 Å². The average molecular weight is 294 g/mol. The number of rotatable bonds is 7. The van der Waals surface area contributed by atoms with Gasteiger partial charge in [0.1, 0.15) is 6.61 Å². The standard InChI is InChI=1S/C13H18N4O4/c1-16(10-3-4-10)6-7-21-12-5-2-9(13(14)15-18)8-11(12)17(19)20/h2,5,8,10,18H,3-4,6-7H2,1H3,(H2,14,15). The van der Waals surface area contributed by atoms with Gasteiger partial charge in [-0.1, -0.05) is 5.16 Å². The van der Waals surface area contributed by atoms with Gasteiger partial charge >= 0.3 is 5.69 Å². The minimum atomic E-state index is -0.548. The normalized spacial score (nSPS) is 15.2. The zero-order valence-corrected chi connectivity index (χ0v) is 11.7. The van der Waals surface area contributed by atoms with Gasteiger partial charge in [0.15, 0.2) is 11.6 Å². The quantitative estimate of drug-likeness (QED) is 0.256. The number of oxime groups is 1. The predicted molar refractivity (Wildman–Crippen MR) is 76.8 cm³/mol. The molecule has 2 rings (SSSR count). The summed E-state index contributed by atoms with van der Waals surface area (Å²) < 4.78 is 5.49. The van der Waals surface area contributed by atoms with Crippen molar-refractivity contribution in [2.24, 2.45) is 10.9 Å². The summed E-state index contributed by atoms with van der Waals surface area (Å²) >= 11 is 0. The first-order chi connectivity index (χ1) is 10.0. The lowest BCUT2D eigenvalue weighted by Gasteiger charge is -2.15. The van der Waals surface area contributed by atoms with Crippen LogP contribution in [0.3, 0.4) is 0 Å². The summed E-state index contributed by atoms with van der Waals surface area (Å²) in [5, 5.41) is 22.5. The van der Waals surface area contributed by atoms with Gasteiger partial charge in [-0.3, -0.25) is 10.1 Å². The molecule has 1 aromatic carbocycles. The SMILES string of the molecule is CN(CCOc1ccc(/C(N)=N/O)cc1[N+](=O)[O-])C1CC1. The van der Waals surface area contributed by atoms with Gasteiger partial charge in [0, 0.05) is 24.2 Å². The lowest BCUT2D eigenvalue weighted by molar-refractivity contribution is -0.385. The highest BCUT2D eigenvalue weighted by molar-refractivity contribution is 5.97. The van der Waals surface area contributed by atoms with Crippen LogP contribution in [-0.2, 0) is 0 Å². The Morgan fingerprint density at radius 3 is 2.90 bits per heavy atom. The lowest BCUT2D eigenvalue weighted by atomic mass is 10.1. The summed E-state index contributed by atoms with van der Waals surface area (Å²) in [7, 11) is 2.01. The molecule has 1 aliphatic rings. The van der Waals surface area contributed by atoms with Crippen molar-refractivity contribution in [2.75, 3.05) is 20.2 Å². The molecular weight excluding hydrogens is 276 g/mol. The van der Waals surface area contributed by atoms with Crippen LogP contribution in [0.4, 0.5) is 5.69 Å². The average Bonchev–Trinajstić information content (AvgIpc) is 3.31. The zero-order valence-electron chi connectivity index (χ0n) is 11.7. The second-order valence-corrected chi connectivity index (χ2v) is 4.99. The second-order valence-electron chi connectivity index (χ2n) is 4.99. The number of ether oxygens (including phenoxy) is 1. The molecule has 0 aliphatic heterocycles. The number of nitrogens with two attached hydrogens (primary N) is 1. The summed E-state index contributed by atoms with van der Waals surface area (Å²) in [5.74, 6) is -0.00296. The van der Waals surface area contributed by atoms with Gasteiger partial charge < -0.3 is 20.6 Å². The third-order valence-corrected chi connectivity index (χ3v) is 3.43. The predicted octanol–water partition coefficient (Wildman–Crippen LogP) is 1.16. The van der Waals surface area contributed by atoms with Crippen molar-refractivity contribution in [3.63, 3.8) is 0 Å². The third-order valence-electron chi connectivity index (χ3n) is 3.43. The van der Waals surface area contributed by atoms with Crippen molar-refractivity contribution < 1.29 is 14.9 Å². The molecule has 21 heavy (non-hydrogen) atoms. The number of hydrogen-bond donors (Lipinski definition) is 2. The Bertz CT molecular complexity index is 557. The van der Waals surface area contributed by atoms with Gasteiger partial charge in [-0.2, -0.15) is 0 Å². The molecule has 0 aromatic heterocycles. The molecule has 1 fully saturated rings. The van der Waals surface area contributed by atoms with Gasteiger partial charge in [0.25, 0.3) is 0 Å². The van der Waals surface area contributed by atoms with E-state index in [1.807, 2.05) is 7.05 Å². The van der Waals surface area contributed by atoms with E-state index >= 15 is 0 Å². The van der Waals surface area contributed by atoms with Gasteiger partial charge in [-0.15, -0.1) is 0 Å². The van der Waals surface area contributed by atoms with Crippen LogP contribution in [0, 0.1) is 10.1 Å². The maximum atomic E-state index is 11.1. The molecule has 0 spiro atoms. The third kappa shape index (κ3) is 3.82. The monoisotopic (exact) mass is 294 g/mol. The van der Waals surface area contributed by atoms with Crippen molar-refractivity contribution in [1.82, 2.24) is 4.90 Å². The molecule has 0 atom stereocenters. The summed E-state index contributed by atoms with van der Waals surface area (Å²) in [6, 6.07) is 4.83.